The number of nitrogens with zero attached hydrogens (tertiary/aromatic N) is 2. The summed E-state index contributed by atoms with van der Waals surface area (Å²) >= 11 is 0. The van der Waals surface area contributed by atoms with Gasteiger partial charge in [-0.15, -0.1) is 0 Å². The van der Waals surface area contributed by atoms with Crippen molar-refractivity contribution in [2.45, 2.75) is 19.3 Å². The SMILES string of the molecule is O=C(O)[C@H]1[C@H]2CC[C@@H](C2)[C@@H]1C(=O)N1CCN(c2ccc(F)cc2)CC1. The zero-order valence-electron chi connectivity index (χ0n) is 14.1. The highest BCUT2D eigenvalue weighted by molar-refractivity contribution is 5.86. The largest absolute Gasteiger partial charge is 0.481 e. The van der Waals surface area contributed by atoms with Crippen LogP contribution in [0, 0.1) is 29.5 Å². The first-order valence-corrected chi connectivity index (χ1v) is 9.06. The molecule has 1 aromatic rings. The number of halogens is 1. The number of fused-ring (bicyclic) bond motifs is 2. The Labute approximate surface area is 146 Å². The average Bonchev–Trinajstić information content (AvgIpc) is 3.23. The predicted molar refractivity (Wildman–Crippen MR) is 90.6 cm³/mol. The maximum Gasteiger partial charge on any atom is 0.307 e. The Hall–Kier alpha value is -2.11. The summed E-state index contributed by atoms with van der Waals surface area (Å²) in [5.41, 5.74) is 0.955. The summed E-state index contributed by atoms with van der Waals surface area (Å²) < 4.78 is 13.1. The van der Waals surface area contributed by atoms with E-state index in [1.54, 1.807) is 12.1 Å². The fourth-order valence-corrected chi connectivity index (χ4v) is 5.05. The molecule has 2 bridgehead atoms. The van der Waals surface area contributed by atoms with Crippen LogP contribution in [0.25, 0.3) is 0 Å². The van der Waals surface area contributed by atoms with E-state index in [4.69, 9.17) is 0 Å². The number of anilines is 1. The Morgan fingerprint density at radius 2 is 1.56 bits per heavy atom. The molecule has 1 aromatic carbocycles. The molecule has 0 spiro atoms. The molecule has 1 N–H and O–H groups in total. The average molecular weight is 346 g/mol. The van der Waals surface area contributed by atoms with Gasteiger partial charge < -0.3 is 14.9 Å². The third kappa shape index (κ3) is 2.87. The van der Waals surface area contributed by atoms with Crippen LogP contribution in [0.3, 0.4) is 0 Å². The number of carbonyl (C=O) groups is 2. The quantitative estimate of drug-likeness (QED) is 0.912. The lowest BCUT2D eigenvalue weighted by Gasteiger charge is -2.39. The Morgan fingerprint density at radius 3 is 2.16 bits per heavy atom. The molecule has 4 atom stereocenters. The Kier molecular flexibility index (Phi) is 4.13. The lowest BCUT2D eigenvalue weighted by molar-refractivity contribution is -0.153. The van der Waals surface area contributed by atoms with Crippen molar-refractivity contribution >= 4 is 17.6 Å². The van der Waals surface area contributed by atoms with Crippen LogP contribution in [0.4, 0.5) is 10.1 Å². The van der Waals surface area contributed by atoms with Crippen molar-refractivity contribution in [2.75, 3.05) is 31.1 Å². The summed E-state index contributed by atoms with van der Waals surface area (Å²) in [4.78, 5) is 28.6. The number of piperazine rings is 1. The van der Waals surface area contributed by atoms with Crippen molar-refractivity contribution in [3.05, 3.63) is 30.1 Å². The van der Waals surface area contributed by atoms with Crippen molar-refractivity contribution in [3.8, 4) is 0 Å². The Balaban J connectivity index is 1.41. The summed E-state index contributed by atoms with van der Waals surface area (Å²) in [6.07, 6.45) is 2.83. The van der Waals surface area contributed by atoms with Crippen LogP contribution in [0.5, 0.6) is 0 Å². The summed E-state index contributed by atoms with van der Waals surface area (Å²) in [6.45, 7) is 2.57. The molecule has 3 fully saturated rings. The van der Waals surface area contributed by atoms with E-state index in [9.17, 15) is 19.1 Å². The van der Waals surface area contributed by atoms with Gasteiger partial charge in [-0.25, -0.2) is 4.39 Å². The summed E-state index contributed by atoms with van der Waals surface area (Å²) in [5.74, 6) is -1.46. The highest BCUT2D eigenvalue weighted by Crippen LogP contribution is 2.53. The molecule has 5 nitrogen and oxygen atoms in total. The topological polar surface area (TPSA) is 60.9 Å². The first kappa shape index (κ1) is 16.4. The fraction of sp³-hybridized carbons (Fsp3) is 0.579. The molecule has 0 aromatic heterocycles. The van der Waals surface area contributed by atoms with E-state index >= 15 is 0 Å². The fourth-order valence-electron chi connectivity index (χ4n) is 5.05. The van der Waals surface area contributed by atoms with Gasteiger partial charge in [0.25, 0.3) is 0 Å². The van der Waals surface area contributed by atoms with Gasteiger partial charge in [-0.05, 0) is 55.4 Å². The molecular weight excluding hydrogens is 323 g/mol. The summed E-state index contributed by atoms with van der Waals surface area (Å²) in [6, 6.07) is 6.39. The molecule has 6 heteroatoms. The molecule has 1 heterocycles. The van der Waals surface area contributed by atoms with Crippen LogP contribution in [-0.4, -0.2) is 48.1 Å². The number of rotatable bonds is 3. The number of aliphatic carboxylic acids is 1. The second-order valence-corrected chi connectivity index (χ2v) is 7.51. The van der Waals surface area contributed by atoms with E-state index < -0.39 is 11.9 Å². The summed E-state index contributed by atoms with van der Waals surface area (Å²) in [5, 5.41) is 9.56. The summed E-state index contributed by atoms with van der Waals surface area (Å²) in [7, 11) is 0. The molecule has 4 rings (SSSR count). The highest BCUT2D eigenvalue weighted by Gasteiger charge is 2.54. The van der Waals surface area contributed by atoms with Gasteiger partial charge in [0.2, 0.25) is 5.91 Å². The van der Waals surface area contributed by atoms with Gasteiger partial charge in [-0.2, -0.15) is 0 Å². The second-order valence-electron chi connectivity index (χ2n) is 7.51. The van der Waals surface area contributed by atoms with Gasteiger partial charge in [0.1, 0.15) is 5.82 Å². The van der Waals surface area contributed by atoms with Gasteiger partial charge in [-0.3, -0.25) is 9.59 Å². The zero-order valence-corrected chi connectivity index (χ0v) is 14.1. The van der Waals surface area contributed by atoms with Gasteiger partial charge in [0, 0.05) is 31.9 Å². The minimum Gasteiger partial charge on any atom is -0.481 e. The standard InChI is InChI=1S/C19H23FN2O3/c20-14-3-5-15(6-4-14)21-7-9-22(10-8-21)18(23)16-12-1-2-13(11-12)17(16)19(24)25/h3-6,12-13,16-17H,1-2,7-11H2,(H,24,25)/t12-,13-,16-,17-/m0/s1. The molecule has 1 saturated heterocycles. The number of carboxylic acids is 1. The molecule has 2 saturated carbocycles. The number of carboxylic acid groups (broad SMARTS) is 1. The van der Waals surface area contributed by atoms with Gasteiger partial charge in [0.15, 0.2) is 0 Å². The third-order valence-corrected chi connectivity index (χ3v) is 6.27. The first-order valence-electron chi connectivity index (χ1n) is 9.06. The lowest BCUT2D eigenvalue weighted by atomic mass is 9.78. The van der Waals surface area contributed by atoms with Crippen molar-refractivity contribution in [3.63, 3.8) is 0 Å². The molecule has 0 unspecified atom stereocenters. The maximum atomic E-state index is 13.1. The smallest absolute Gasteiger partial charge is 0.307 e. The molecule has 0 radical (unpaired) electrons. The molecule has 25 heavy (non-hydrogen) atoms. The van der Waals surface area contributed by atoms with Crippen LogP contribution in [0.15, 0.2) is 24.3 Å². The van der Waals surface area contributed by atoms with Crippen molar-refractivity contribution in [2.24, 2.45) is 23.7 Å². The number of hydrogen-bond acceptors (Lipinski definition) is 3. The van der Waals surface area contributed by atoms with E-state index in [0.29, 0.717) is 26.2 Å². The molecular formula is C19H23FN2O3. The Morgan fingerprint density at radius 1 is 0.960 bits per heavy atom. The second kappa shape index (κ2) is 6.32. The van der Waals surface area contributed by atoms with E-state index in [1.165, 1.54) is 12.1 Å². The van der Waals surface area contributed by atoms with Crippen LogP contribution < -0.4 is 4.90 Å². The monoisotopic (exact) mass is 346 g/mol. The van der Waals surface area contributed by atoms with Gasteiger partial charge in [0.05, 0.1) is 11.8 Å². The zero-order chi connectivity index (χ0) is 17.6. The van der Waals surface area contributed by atoms with Crippen LogP contribution in [0.1, 0.15) is 19.3 Å². The Bertz CT molecular complexity index is 670. The lowest BCUT2D eigenvalue weighted by Crippen LogP contribution is -2.52. The van der Waals surface area contributed by atoms with Crippen LogP contribution >= 0.6 is 0 Å². The molecule has 1 amide bonds. The minimum absolute atomic E-state index is 0.0263. The number of carbonyl (C=O) groups excluding carboxylic acids is 1. The molecule has 3 aliphatic rings. The predicted octanol–water partition coefficient (Wildman–Crippen LogP) is 2.22. The van der Waals surface area contributed by atoms with E-state index in [0.717, 1.165) is 24.9 Å². The molecule has 2 aliphatic carbocycles. The number of amides is 1. The van der Waals surface area contributed by atoms with E-state index in [1.807, 2.05) is 4.90 Å². The highest BCUT2D eigenvalue weighted by atomic mass is 19.1. The van der Waals surface area contributed by atoms with Crippen LogP contribution in [0.2, 0.25) is 0 Å². The third-order valence-electron chi connectivity index (χ3n) is 6.27. The molecule has 134 valence electrons. The van der Waals surface area contributed by atoms with Crippen molar-refractivity contribution in [1.82, 2.24) is 4.90 Å². The number of hydrogen-bond donors (Lipinski definition) is 1. The van der Waals surface area contributed by atoms with Gasteiger partial charge in [-0.1, -0.05) is 0 Å². The van der Waals surface area contributed by atoms with Crippen LogP contribution in [-0.2, 0) is 9.59 Å². The first-order chi connectivity index (χ1) is 12.0. The number of benzene rings is 1. The maximum absolute atomic E-state index is 13.1. The van der Waals surface area contributed by atoms with E-state index in [2.05, 4.69) is 4.90 Å². The molecule has 1 aliphatic heterocycles. The van der Waals surface area contributed by atoms with Crippen molar-refractivity contribution < 1.29 is 19.1 Å². The van der Waals surface area contributed by atoms with E-state index in [-0.39, 0.29) is 29.5 Å². The van der Waals surface area contributed by atoms with Crippen molar-refractivity contribution in [1.29, 1.82) is 0 Å². The normalized spacial score (nSPS) is 31.4. The van der Waals surface area contributed by atoms with Gasteiger partial charge >= 0.3 is 5.97 Å². The minimum atomic E-state index is -0.810.